The number of nitrogens with zero attached hydrogens (tertiary/aromatic N) is 1. The number of nitrogens with two attached hydrogens (primary N) is 1. The van der Waals surface area contributed by atoms with Crippen molar-refractivity contribution in [3.63, 3.8) is 0 Å². The zero-order chi connectivity index (χ0) is 13.9. The molecule has 112 valence electrons. The average molecular weight is 268 g/mol. The number of ether oxygens (including phenoxy) is 1. The zero-order valence-corrected chi connectivity index (χ0v) is 13.1. The predicted molar refractivity (Wildman–Crippen MR) is 80.3 cm³/mol. The molecular formula is C16H32N2O. The Morgan fingerprint density at radius 1 is 1.21 bits per heavy atom. The van der Waals surface area contributed by atoms with Gasteiger partial charge in [-0.3, -0.25) is 4.90 Å². The van der Waals surface area contributed by atoms with E-state index in [9.17, 15) is 0 Å². The smallest absolute Gasteiger partial charge is 0.0767 e. The van der Waals surface area contributed by atoms with E-state index in [-0.39, 0.29) is 5.54 Å². The number of methoxy groups -OCH3 is 1. The molecule has 2 atom stereocenters. The van der Waals surface area contributed by atoms with Gasteiger partial charge in [-0.25, -0.2) is 0 Å². The molecule has 0 aromatic carbocycles. The van der Waals surface area contributed by atoms with Crippen molar-refractivity contribution in [3.8, 4) is 0 Å². The molecule has 0 spiro atoms. The lowest BCUT2D eigenvalue weighted by Crippen LogP contribution is -2.65. The van der Waals surface area contributed by atoms with E-state index >= 15 is 0 Å². The summed E-state index contributed by atoms with van der Waals surface area (Å²) in [5.74, 6) is 0. The number of piperidine rings is 1. The predicted octanol–water partition coefficient (Wildman–Crippen LogP) is 2.79. The quantitative estimate of drug-likeness (QED) is 0.852. The number of rotatable bonds is 4. The first-order chi connectivity index (χ1) is 9.10. The summed E-state index contributed by atoms with van der Waals surface area (Å²) >= 11 is 0. The van der Waals surface area contributed by atoms with Crippen LogP contribution in [-0.4, -0.2) is 43.3 Å². The highest BCUT2D eigenvalue weighted by Crippen LogP contribution is 2.41. The van der Waals surface area contributed by atoms with Crippen LogP contribution in [0.15, 0.2) is 0 Å². The zero-order valence-electron chi connectivity index (χ0n) is 13.1. The Hall–Kier alpha value is -0.120. The van der Waals surface area contributed by atoms with Gasteiger partial charge in [0.25, 0.3) is 0 Å². The summed E-state index contributed by atoms with van der Waals surface area (Å²) in [7, 11) is 1.86. The van der Waals surface area contributed by atoms with E-state index in [2.05, 4.69) is 18.7 Å². The van der Waals surface area contributed by atoms with E-state index in [0.29, 0.717) is 11.5 Å². The molecule has 0 bridgehead atoms. The Morgan fingerprint density at radius 2 is 1.89 bits per heavy atom. The van der Waals surface area contributed by atoms with Crippen LogP contribution in [0.5, 0.6) is 0 Å². The minimum absolute atomic E-state index is 0.113. The fraction of sp³-hybridized carbons (Fsp3) is 1.00. The van der Waals surface area contributed by atoms with Gasteiger partial charge in [0.05, 0.1) is 11.6 Å². The largest absolute Gasteiger partial charge is 0.379 e. The summed E-state index contributed by atoms with van der Waals surface area (Å²) in [5, 5.41) is 0. The molecule has 1 aliphatic carbocycles. The van der Waals surface area contributed by atoms with E-state index in [0.717, 1.165) is 6.54 Å². The van der Waals surface area contributed by atoms with Gasteiger partial charge >= 0.3 is 0 Å². The van der Waals surface area contributed by atoms with E-state index in [1.807, 2.05) is 7.11 Å². The molecule has 3 heteroatoms. The van der Waals surface area contributed by atoms with Crippen LogP contribution < -0.4 is 5.73 Å². The van der Waals surface area contributed by atoms with E-state index in [1.54, 1.807) is 0 Å². The van der Waals surface area contributed by atoms with Crippen molar-refractivity contribution in [1.29, 1.82) is 0 Å². The second-order valence-corrected chi connectivity index (χ2v) is 6.93. The van der Waals surface area contributed by atoms with Crippen LogP contribution in [0.3, 0.4) is 0 Å². The minimum Gasteiger partial charge on any atom is -0.379 e. The average Bonchev–Trinajstić information content (AvgIpc) is 2.47. The Morgan fingerprint density at radius 3 is 2.42 bits per heavy atom. The monoisotopic (exact) mass is 268 g/mol. The molecule has 3 nitrogen and oxygen atoms in total. The number of hydrogen-bond donors (Lipinski definition) is 1. The molecular weight excluding hydrogens is 236 g/mol. The topological polar surface area (TPSA) is 38.5 Å². The molecule has 2 aliphatic rings. The fourth-order valence-electron chi connectivity index (χ4n) is 4.10. The van der Waals surface area contributed by atoms with Gasteiger partial charge in [-0.15, -0.1) is 0 Å². The van der Waals surface area contributed by atoms with Crippen LogP contribution in [0.4, 0.5) is 0 Å². The third-order valence-electron chi connectivity index (χ3n) is 6.02. The molecule has 0 amide bonds. The first kappa shape index (κ1) is 15.3. The Labute approximate surface area is 118 Å². The van der Waals surface area contributed by atoms with Crippen molar-refractivity contribution < 1.29 is 4.74 Å². The van der Waals surface area contributed by atoms with Crippen LogP contribution in [0, 0.1) is 5.41 Å². The lowest BCUT2D eigenvalue weighted by Gasteiger charge is -2.53. The van der Waals surface area contributed by atoms with Crippen molar-refractivity contribution in [2.75, 3.05) is 26.7 Å². The van der Waals surface area contributed by atoms with Gasteiger partial charge in [0.2, 0.25) is 0 Å². The fourth-order valence-corrected chi connectivity index (χ4v) is 4.10. The summed E-state index contributed by atoms with van der Waals surface area (Å²) in [6.07, 6.45) is 9.23. The molecule has 0 radical (unpaired) electrons. The third-order valence-corrected chi connectivity index (χ3v) is 6.02. The molecule has 1 saturated heterocycles. The van der Waals surface area contributed by atoms with Crippen molar-refractivity contribution >= 4 is 0 Å². The van der Waals surface area contributed by atoms with Crippen LogP contribution in [0.25, 0.3) is 0 Å². The van der Waals surface area contributed by atoms with Gasteiger partial charge in [0, 0.05) is 13.7 Å². The molecule has 2 N–H and O–H groups in total. The second-order valence-electron chi connectivity index (χ2n) is 6.93. The first-order valence-corrected chi connectivity index (χ1v) is 8.08. The van der Waals surface area contributed by atoms with Gasteiger partial charge in [-0.2, -0.15) is 0 Å². The van der Waals surface area contributed by atoms with Gasteiger partial charge in [-0.05, 0) is 44.2 Å². The molecule has 2 unspecified atom stereocenters. The lowest BCUT2D eigenvalue weighted by molar-refractivity contribution is -0.0924. The maximum Gasteiger partial charge on any atom is 0.0767 e. The highest BCUT2D eigenvalue weighted by molar-refractivity contribution is 5.03. The van der Waals surface area contributed by atoms with Gasteiger partial charge in [0.15, 0.2) is 0 Å². The summed E-state index contributed by atoms with van der Waals surface area (Å²) < 4.78 is 5.81. The molecule has 2 fully saturated rings. The number of hydrogen-bond acceptors (Lipinski definition) is 3. The molecule has 19 heavy (non-hydrogen) atoms. The molecule has 0 aromatic heterocycles. The van der Waals surface area contributed by atoms with Crippen LogP contribution >= 0.6 is 0 Å². The lowest BCUT2D eigenvalue weighted by atomic mass is 9.73. The van der Waals surface area contributed by atoms with Crippen molar-refractivity contribution in [1.82, 2.24) is 4.90 Å². The summed E-state index contributed by atoms with van der Waals surface area (Å²) in [5.41, 5.74) is 6.87. The highest BCUT2D eigenvalue weighted by Gasteiger charge is 2.46. The standard InChI is InChI=1S/C16H32N2O/c1-4-15(2)9-11-18(12-10-15)16(13-17)8-6-5-7-14(16)19-3/h14H,4-13,17H2,1-3H3. The Kier molecular flexibility index (Phi) is 4.91. The van der Waals surface area contributed by atoms with Gasteiger partial charge < -0.3 is 10.5 Å². The van der Waals surface area contributed by atoms with Crippen LogP contribution in [0.2, 0.25) is 0 Å². The second kappa shape index (κ2) is 6.11. The number of likely N-dealkylation sites (tertiary alicyclic amines) is 1. The van der Waals surface area contributed by atoms with Crippen molar-refractivity contribution in [3.05, 3.63) is 0 Å². The molecule has 1 heterocycles. The van der Waals surface area contributed by atoms with E-state index < -0.39 is 0 Å². The maximum atomic E-state index is 6.21. The van der Waals surface area contributed by atoms with E-state index in [4.69, 9.17) is 10.5 Å². The summed E-state index contributed by atoms with van der Waals surface area (Å²) in [6, 6.07) is 0. The Bertz CT molecular complexity index is 286. The summed E-state index contributed by atoms with van der Waals surface area (Å²) in [4.78, 5) is 2.66. The molecule has 1 saturated carbocycles. The maximum absolute atomic E-state index is 6.21. The SMILES string of the molecule is CCC1(C)CCN(C2(CN)CCCCC2OC)CC1. The normalized spacial score (nSPS) is 36.3. The van der Waals surface area contributed by atoms with Crippen LogP contribution in [-0.2, 0) is 4.74 Å². The Balaban J connectivity index is 2.09. The van der Waals surface area contributed by atoms with Gasteiger partial charge in [0.1, 0.15) is 0 Å². The highest BCUT2D eigenvalue weighted by atomic mass is 16.5. The molecule has 0 aromatic rings. The minimum atomic E-state index is 0.113. The van der Waals surface area contributed by atoms with Crippen LogP contribution in [0.1, 0.15) is 58.8 Å². The van der Waals surface area contributed by atoms with Gasteiger partial charge in [-0.1, -0.05) is 33.1 Å². The molecule has 2 rings (SSSR count). The van der Waals surface area contributed by atoms with E-state index in [1.165, 1.54) is 58.0 Å². The summed E-state index contributed by atoms with van der Waals surface area (Å²) in [6.45, 7) is 7.90. The third kappa shape index (κ3) is 2.84. The molecule has 1 aliphatic heterocycles. The van der Waals surface area contributed by atoms with Crippen molar-refractivity contribution in [2.45, 2.75) is 70.4 Å². The van der Waals surface area contributed by atoms with Crippen molar-refractivity contribution in [2.24, 2.45) is 11.1 Å². The first-order valence-electron chi connectivity index (χ1n) is 8.08.